The molecule has 3 nitrogen and oxygen atoms in total. The summed E-state index contributed by atoms with van der Waals surface area (Å²) in [6.45, 7) is 0. The second-order valence-corrected chi connectivity index (χ2v) is 5.75. The lowest BCUT2D eigenvalue weighted by Crippen LogP contribution is -2.06. The molecule has 0 radical (unpaired) electrons. The molecule has 0 aliphatic rings. The van der Waals surface area contributed by atoms with E-state index in [-0.39, 0.29) is 6.42 Å². The first-order chi connectivity index (χ1) is 11.5. The molecular formula is C18H21F3N2O. The van der Waals surface area contributed by atoms with E-state index in [0.717, 1.165) is 44.1 Å². The zero-order valence-corrected chi connectivity index (χ0v) is 13.5. The third kappa shape index (κ3) is 8.50. The average molecular weight is 338 g/mol. The van der Waals surface area contributed by atoms with Gasteiger partial charge in [0.1, 0.15) is 0 Å². The first-order valence-corrected chi connectivity index (χ1v) is 8.14. The molecule has 0 unspecified atom stereocenters. The van der Waals surface area contributed by atoms with Gasteiger partial charge in [-0.2, -0.15) is 23.4 Å². The van der Waals surface area contributed by atoms with E-state index in [1.165, 1.54) is 6.08 Å². The molecule has 6 heteroatoms. The summed E-state index contributed by atoms with van der Waals surface area (Å²) < 4.78 is 35.9. The fourth-order valence-corrected chi connectivity index (χ4v) is 2.54. The van der Waals surface area contributed by atoms with Crippen molar-refractivity contribution in [3.8, 4) is 6.07 Å². The molecule has 0 bridgehead atoms. The predicted molar refractivity (Wildman–Crippen MR) is 85.6 cm³/mol. The number of alkyl halides is 3. The maximum Gasteiger partial charge on any atom is 0.389 e. The van der Waals surface area contributed by atoms with E-state index >= 15 is 0 Å². The van der Waals surface area contributed by atoms with Crippen molar-refractivity contribution in [2.45, 2.75) is 64.0 Å². The molecule has 0 spiro atoms. The highest BCUT2D eigenvalue weighted by Gasteiger charge is 2.25. The lowest BCUT2D eigenvalue weighted by Gasteiger charge is -2.06. The van der Waals surface area contributed by atoms with E-state index < -0.39 is 12.6 Å². The Hall–Kier alpha value is -2.12. The number of aliphatic imine (C=N–C) groups is 1. The lowest BCUT2D eigenvalue weighted by atomic mass is 10.00. The predicted octanol–water partition coefficient (Wildman–Crippen LogP) is 5.75. The Labute approximate surface area is 140 Å². The minimum Gasteiger partial charge on any atom is -0.211 e. The fourth-order valence-electron chi connectivity index (χ4n) is 2.54. The van der Waals surface area contributed by atoms with Crippen LogP contribution in [0.3, 0.4) is 0 Å². The summed E-state index contributed by atoms with van der Waals surface area (Å²) in [6, 6.07) is 7.09. The smallest absolute Gasteiger partial charge is 0.211 e. The van der Waals surface area contributed by atoms with Gasteiger partial charge < -0.3 is 0 Å². The Morgan fingerprint density at radius 2 is 1.62 bits per heavy atom. The summed E-state index contributed by atoms with van der Waals surface area (Å²) >= 11 is 0. The molecule has 24 heavy (non-hydrogen) atoms. The second kappa shape index (κ2) is 10.6. The van der Waals surface area contributed by atoms with Crippen LogP contribution in [0.4, 0.5) is 18.9 Å². The van der Waals surface area contributed by atoms with Crippen molar-refractivity contribution in [3.63, 3.8) is 0 Å². The van der Waals surface area contributed by atoms with Gasteiger partial charge in [0.25, 0.3) is 0 Å². The number of hydrogen-bond donors (Lipinski definition) is 0. The molecule has 0 fully saturated rings. The van der Waals surface area contributed by atoms with Crippen LogP contribution in [0.15, 0.2) is 23.2 Å². The van der Waals surface area contributed by atoms with Gasteiger partial charge in [0.05, 0.1) is 17.3 Å². The number of nitrogens with zero attached hydrogens (tertiary/aromatic N) is 2. The van der Waals surface area contributed by atoms with Gasteiger partial charge in [0, 0.05) is 6.42 Å². The number of carbonyl (C=O) groups excluding carboxylic acids is 1. The Kier molecular flexibility index (Phi) is 8.81. The number of hydrogen-bond acceptors (Lipinski definition) is 3. The van der Waals surface area contributed by atoms with E-state index in [9.17, 15) is 18.0 Å². The Morgan fingerprint density at radius 3 is 2.21 bits per heavy atom. The van der Waals surface area contributed by atoms with Crippen LogP contribution in [0.25, 0.3) is 0 Å². The fraction of sp³-hybridized carbons (Fsp3) is 0.556. The molecule has 1 aromatic rings. The number of isocyanates is 1. The number of benzene rings is 1. The van der Waals surface area contributed by atoms with Gasteiger partial charge in [0.2, 0.25) is 6.08 Å². The number of nitriles is 1. The summed E-state index contributed by atoms with van der Waals surface area (Å²) in [4.78, 5) is 13.8. The van der Waals surface area contributed by atoms with Crippen LogP contribution in [-0.2, 0) is 11.2 Å². The lowest BCUT2D eigenvalue weighted by molar-refractivity contribution is -0.135. The quantitative estimate of drug-likeness (QED) is 0.310. The summed E-state index contributed by atoms with van der Waals surface area (Å²) in [6.07, 6.45) is 2.87. The monoisotopic (exact) mass is 338 g/mol. The Balaban J connectivity index is 2.22. The minimum atomic E-state index is -4.04. The Morgan fingerprint density at radius 1 is 1.00 bits per heavy atom. The van der Waals surface area contributed by atoms with Crippen LogP contribution < -0.4 is 0 Å². The zero-order chi connectivity index (χ0) is 17.8. The molecule has 0 saturated carbocycles. The SMILES string of the molecule is N#Cc1ccc(N=C=O)cc1CCCCCCCCCC(F)(F)F. The maximum absolute atomic E-state index is 12.0. The molecule has 130 valence electrons. The van der Waals surface area contributed by atoms with Gasteiger partial charge in [-0.05, 0) is 43.0 Å². The summed E-state index contributed by atoms with van der Waals surface area (Å²) in [5.41, 5.74) is 1.93. The van der Waals surface area contributed by atoms with Gasteiger partial charge in [-0.3, -0.25) is 0 Å². The molecule has 0 N–H and O–H groups in total. The van der Waals surface area contributed by atoms with E-state index in [2.05, 4.69) is 11.1 Å². The first kappa shape index (κ1) is 19.9. The molecule has 1 rings (SSSR count). The van der Waals surface area contributed by atoms with Crippen molar-refractivity contribution < 1.29 is 18.0 Å². The normalized spacial score (nSPS) is 10.9. The van der Waals surface area contributed by atoms with Crippen molar-refractivity contribution in [1.82, 2.24) is 0 Å². The number of halogens is 3. The largest absolute Gasteiger partial charge is 0.389 e. The van der Waals surface area contributed by atoms with Crippen LogP contribution >= 0.6 is 0 Å². The van der Waals surface area contributed by atoms with E-state index in [1.54, 1.807) is 18.2 Å². The zero-order valence-electron chi connectivity index (χ0n) is 13.5. The topological polar surface area (TPSA) is 53.2 Å². The van der Waals surface area contributed by atoms with Gasteiger partial charge in [-0.1, -0.05) is 32.1 Å². The van der Waals surface area contributed by atoms with Gasteiger partial charge in [0.15, 0.2) is 0 Å². The van der Waals surface area contributed by atoms with Crippen LogP contribution in [0.1, 0.15) is 62.5 Å². The molecule has 0 aliphatic carbocycles. The van der Waals surface area contributed by atoms with E-state index in [1.807, 2.05) is 0 Å². The molecule has 1 aromatic carbocycles. The highest BCUT2D eigenvalue weighted by molar-refractivity contribution is 5.53. The summed E-state index contributed by atoms with van der Waals surface area (Å²) in [7, 11) is 0. The van der Waals surface area contributed by atoms with E-state index in [0.29, 0.717) is 17.7 Å². The molecular weight excluding hydrogens is 317 g/mol. The van der Waals surface area contributed by atoms with Crippen LogP contribution in [-0.4, -0.2) is 12.3 Å². The van der Waals surface area contributed by atoms with Crippen molar-refractivity contribution in [2.75, 3.05) is 0 Å². The van der Waals surface area contributed by atoms with Crippen LogP contribution in [0.5, 0.6) is 0 Å². The maximum atomic E-state index is 12.0. The van der Waals surface area contributed by atoms with Gasteiger partial charge in [-0.25, -0.2) is 4.79 Å². The molecule has 0 saturated heterocycles. The third-order valence-electron chi connectivity index (χ3n) is 3.79. The van der Waals surface area contributed by atoms with E-state index in [4.69, 9.17) is 5.26 Å². The first-order valence-electron chi connectivity index (χ1n) is 8.14. The minimum absolute atomic E-state index is 0.207. The summed E-state index contributed by atoms with van der Waals surface area (Å²) in [5, 5.41) is 9.08. The molecule has 0 amide bonds. The number of rotatable bonds is 10. The van der Waals surface area contributed by atoms with Crippen molar-refractivity contribution in [1.29, 1.82) is 5.26 Å². The number of aryl methyl sites for hydroxylation is 1. The molecule has 0 aliphatic heterocycles. The summed E-state index contributed by atoms with van der Waals surface area (Å²) in [5.74, 6) is 0. The second-order valence-electron chi connectivity index (χ2n) is 5.75. The van der Waals surface area contributed by atoms with Crippen molar-refractivity contribution >= 4 is 11.8 Å². The molecule has 0 aromatic heterocycles. The molecule has 0 heterocycles. The number of unbranched alkanes of at least 4 members (excludes halogenated alkanes) is 6. The van der Waals surface area contributed by atoms with Crippen LogP contribution in [0, 0.1) is 11.3 Å². The van der Waals surface area contributed by atoms with Crippen LogP contribution in [0.2, 0.25) is 0 Å². The van der Waals surface area contributed by atoms with Gasteiger partial charge >= 0.3 is 6.18 Å². The molecule has 0 atom stereocenters. The van der Waals surface area contributed by atoms with Gasteiger partial charge in [-0.15, -0.1) is 0 Å². The average Bonchev–Trinajstić information content (AvgIpc) is 2.53. The van der Waals surface area contributed by atoms with Crippen molar-refractivity contribution in [2.24, 2.45) is 4.99 Å². The van der Waals surface area contributed by atoms with Crippen molar-refractivity contribution in [3.05, 3.63) is 29.3 Å². The Bertz CT molecular complexity index is 599. The highest BCUT2D eigenvalue weighted by Crippen LogP contribution is 2.23. The highest BCUT2D eigenvalue weighted by atomic mass is 19.4. The standard InChI is InChI=1S/C18H21F3N2O/c19-18(20,21)11-7-5-3-1-2-4-6-8-15-12-17(23-14-24)10-9-16(15)13-22/h9-10,12H,1-8,11H2. The third-order valence-corrected chi connectivity index (χ3v) is 3.79.